The summed E-state index contributed by atoms with van der Waals surface area (Å²) in [5.41, 5.74) is 5.45. The van der Waals surface area contributed by atoms with Crippen LogP contribution < -0.4 is 10.5 Å². The highest BCUT2D eigenvalue weighted by molar-refractivity contribution is 6.09. The molecular weight excluding hydrogens is 619 g/mol. The van der Waals surface area contributed by atoms with Crippen LogP contribution in [0.2, 0.25) is 0 Å². The minimum absolute atomic E-state index is 0.197. The van der Waals surface area contributed by atoms with Gasteiger partial charge < -0.3 is 15.4 Å². The van der Waals surface area contributed by atoms with Gasteiger partial charge in [0.1, 0.15) is 17.4 Å². The fourth-order valence-electron chi connectivity index (χ4n) is 6.16. The lowest BCUT2D eigenvalue weighted by atomic mass is 9.82. The lowest BCUT2D eigenvalue weighted by molar-refractivity contribution is -0.138. The van der Waals surface area contributed by atoms with Gasteiger partial charge in [-0.25, -0.2) is 13.8 Å². The molecule has 0 radical (unpaired) electrons. The third-order valence-corrected chi connectivity index (χ3v) is 8.60. The highest BCUT2D eigenvalue weighted by atomic mass is 19.4. The molecule has 12 heteroatoms. The summed E-state index contributed by atoms with van der Waals surface area (Å²) in [6, 6.07) is 18.7. The number of benzene rings is 4. The summed E-state index contributed by atoms with van der Waals surface area (Å²) < 4.78 is 75.6. The van der Waals surface area contributed by atoms with Crippen LogP contribution in [0, 0.1) is 11.6 Å². The van der Waals surface area contributed by atoms with Crippen molar-refractivity contribution in [2.75, 3.05) is 20.2 Å². The summed E-state index contributed by atoms with van der Waals surface area (Å²) in [6.07, 6.45) is -3.93. The fraction of sp³-hybridized carbons (Fsp3) is 0.229. The van der Waals surface area contributed by atoms with Crippen molar-refractivity contribution < 1.29 is 36.3 Å². The zero-order chi connectivity index (χ0) is 33.5. The van der Waals surface area contributed by atoms with E-state index in [0.717, 1.165) is 52.4 Å². The monoisotopic (exact) mass is 648 g/mol. The van der Waals surface area contributed by atoms with Crippen molar-refractivity contribution in [3.63, 3.8) is 0 Å². The molecule has 0 aliphatic carbocycles. The van der Waals surface area contributed by atoms with Crippen LogP contribution in [0.5, 0.6) is 5.75 Å². The summed E-state index contributed by atoms with van der Waals surface area (Å²) >= 11 is 0. The predicted molar refractivity (Wildman–Crippen MR) is 164 cm³/mol. The first-order valence-electron chi connectivity index (χ1n) is 14.8. The number of ether oxygens (including phenoxy) is 1. The van der Waals surface area contributed by atoms with Gasteiger partial charge >= 0.3 is 6.18 Å². The van der Waals surface area contributed by atoms with E-state index in [1.54, 1.807) is 13.2 Å². The molecule has 0 atom stereocenters. The average Bonchev–Trinajstić information content (AvgIpc) is 3.18. The average molecular weight is 649 g/mol. The molecule has 0 saturated heterocycles. The van der Waals surface area contributed by atoms with Crippen molar-refractivity contribution in [2.45, 2.75) is 31.1 Å². The summed E-state index contributed by atoms with van der Waals surface area (Å²) in [6.45, 7) is 0.0896. The van der Waals surface area contributed by atoms with E-state index in [1.165, 1.54) is 35.2 Å². The number of hydrogen-bond donors (Lipinski definition) is 1. The Bertz CT molecular complexity index is 1830. The number of carbonyl (C=O) groups excluding carboxylic acids is 2. The number of carbonyl (C=O) groups is 2. The molecule has 0 unspecified atom stereocenters. The Balaban J connectivity index is 1.33. The van der Waals surface area contributed by atoms with Crippen molar-refractivity contribution in [1.29, 1.82) is 0 Å². The highest BCUT2D eigenvalue weighted by Gasteiger charge is 2.50. The summed E-state index contributed by atoms with van der Waals surface area (Å²) in [5, 5.41) is 0. The van der Waals surface area contributed by atoms with E-state index in [-0.39, 0.29) is 42.3 Å². The first-order chi connectivity index (χ1) is 22.4. The van der Waals surface area contributed by atoms with Crippen molar-refractivity contribution >= 4 is 17.8 Å². The van der Waals surface area contributed by atoms with Gasteiger partial charge in [0, 0.05) is 13.1 Å². The number of halogens is 5. The van der Waals surface area contributed by atoms with Crippen LogP contribution in [0.25, 0.3) is 0 Å². The number of alkyl halides is 3. The van der Waals surface area contributed by atoms with E-state index in [4.69, 9.17) is 10.5 Å². The maximum atomic E-state index is 14.2. The Morgan fingerprint density at radius 2 is 1.47 bits per heavy atom. The Morgan fingerprint density at radius 3 is 2.04 bits per heavy atom. The highest BCUT2D eigenvalue weighted by Crippen LogP contribution is 2.41. The van der Waals surface area contributed by atoms with Gasteiger partial charge in [0.15, 0.2) is 11.5 Å². The second-order valence-electron chi connectivity index (χ2n) is 11.4. The van der Waals surface area contributed by atoms with Crippen LogP contribution in [0.15, 0.2) is 89.9 Å². The number of nitrogens with zero attached hydrogens (tertiary/aromatic N) is 3. The van der Waals surface area contributed by atoms with Crippen LogP contribution in [0.3, 0.4) is 0 Å². The second kappa shape index (κ2) is 12.2. The first kappa shape index (κ1) is 31.7. The molecule has 0 saturated carbocycles. The molecule has 4 aromatic carbocycles. The van der Waals surface area contributed by atoms with Crippen molar-refractivity contribution in [1.82, 2.24) is 9.80 Å². The maximum absolute atomic E-state index is 14.2. The number of hydrogen-bond acceptors (Lipinski definition) is 5. The van der Waals surface area contributed by atoms with Gasteiger partial charge in [0.25, 0.3) is 11.8 Å². The molecule has 2 N–H and O–H groups in total. The number of nitrogens with two attached hydrogens (primary N) is 1. The third kappa shape index (κ3) is 5.91. The number of aliphatic imine (C=N–C) groups is 1. The molecule has 47 heavy (non-hydrogen) atoms. The molecule has 0 fully saturated rings. The van der Waals surface area contributed by atoms with Gasteiger partial charge in [-0.3, -0.25) is 14.5 Å². The molecule has 242 valence electrons. The number of fused-ring (bicyclic) bond motifs is 1. The Labute approximate surface area is 267 Å². The smallest absolute Gasteiger partial charge is 0.417 e. The minimum atomic E-state index is -4.82. The first-order valence-corrected chi connectivity index (χ1v) is 14.8. The van der Waals surface area contributed by atoms with E-state index in [9.17, 15) is 31.5 Å². The molecule has 2 amide bonds. The Morgan fingerprint density at radius 1 is 0.872 bits per heavy atom. The van der Waals surface area contributed by atoms with E-state index in [0.29, 0.717) is 18.6 Å². The predicted octanol–water partition coefficient (Wildman–Crippen LogP) is 5.83. The molecule has 0 bridgehead atoms. The minimum Gasteiger partial charge on any atom is -0.497 e. The molecule has 2 aliphatic rings. The normalized spacial score (nSPS) is 16.0. The van der Waals surface area contributed by atoms with Gasteiger partial charge in [-0.05, 0) is 89.2 Å². The van der Waals surface area contributed by atoms with Crippen molar-refractivity contribution in [3.05, 3.63) is 136 Å². The summed E-state index contributed by atoms with van der Waals surface area (Å²) in [5.74, 6) is -2.19. The summed E-state index contributed by atoms with van der Waals surface area (Å²) in [7, 11) is 1.54. The van der Waals surface area contributed by atoms with Crippen LogP contribution in [0.4, 0.5) is 22.0 Å². The molecule has 0 aromatic heterocycles. The van der Waals surface area contributed by atoms with Crippen molar-refractivity contribution in [2.24, 2.45) is 10.7 Å². The third-order valence-electron chi connectivity index (χ3n) is 8.60. The molecule has 2 aliphatic heterocycles. The van der Waals surface area contributed by atoms with E-state index in [2.05, 4.69) is 4.99 Å². The quantitative estimate of drug-likeness (QED) is 0.267. The Kier molecular flexibility index (Phi) is 8.20. The molecular formula is C35H29F5N4O3. The van der Waals surface area contributed by atoms with Crippen molar-refractivity contribution in [3.8, 4) is 5.75 Å². The molecule has 4 aromatic rings. The van der Waals surface area contributed by atoms with Gasteiger partial charge in [0.05, 0.1) is 24.8 Å². The van der Waals surface area contributed by atoms with Gasteiger partial charge in [-0.2, -0.15) is 13.2 Å². The van der Waals surface area contributed by atoms with Crippen LogP contribution in [-0.2, 0) is 35.9 Å². The van der Waals surface area contributed by atoms with Crippen LogP contribution in [-0.4, -0.2) is 47.8 Å². The van der Waals surface area contributed by atoms with Crippen LogP contribution in [0.1, 0.15) is 43.7 Å². The topological polar surface area (TPSA) is 88.2 Å². The number of methoxy groups -OCH3 is 1. The standard InChI is InChI=1S/C35H29F5N4O3/c1-47-28-12-3-22-14-16-43(17-15-23(22)19-28)31(45)29-18-21(2-13-30(29)35(38,39)40)20-44-32(46)34(42-33(44)41,24-4-8-26(36)9-5-24)25-6-10-27(37)11-7-25/h2-13,18-19H,14-17,20H2,1H3,(H2,41,42). The number of guanidine groups is 1. The zero-order valence-electron chi connectivity index (χ0n) is 25.2. The SMILES string of the molecule is COc1ccc2c(c1)CCN(C(=O)c1cc(CN3C(=O)C(c4ccc(F)cc4)(c4ccc(F)cc4)N=C3N)ccc1C(F)(F)F)CC2. The van der Waals surface area contributed by atoms with E-state index < -0.39 is 46.3 Å². The lowest BCUT2D eigenvalue weighted by Gasteiger charge is -2.27. The van der Waals surface area contributed by atoms with E-state index >= 15 is 0 Å². The molecule has 0 spiro atoms. The second-order valence-corrected chi connectivity index (χ2v) is 11.4. The van der Waals surface area contributed by atoms with E-state index in [1.807, 2.05) is 12.1 Å². The molecule has 6 rings (SSSR count). The number of amides is 2. The maximum Gasteiger partial charge on any atom is 0.417 e. The van der Waals surface area contributed by atoms with Gasteiger partial charge in [0.2, 0.25) is 0 Å². The molecule has 2 heterocycles. The summed E-state index contributed by atoms with van der Waals surface area (Å²) in [4.78, 5) is 34.9. The van der Waals surface area contributed by atoms with Gasteiger partial charge in [-0.15, -0.1) is 0 Å². The number of rotatable bonds is 6. The Hall–Kier alpha value is -5.26. The zero-order valence-corrected chi connectivity index (χ0v) is 25.2. The largest absolute Gasteiger partial charge is 0.497 e. The molecule has 7 nitrogen and oxygen atoms in total. The van der Waals surface area contributed by atoms with Crippen LogP contribution >= 0.6 is 0 Å². The fourth-order valence-corrected chi connectivity index (χ4v) is 6.16. The lowest BCUT2D eigenvalue weighted by Crippen LogP contribution is -2.43. The van der Waals surface area contributed by atoms with Gasteiger partial charge in [-0.1, -0.05) is 36.4 Å².